The minimum atomic E-state index is -1.15. The first-order valence-electron chi connectivity index (χ1n) is 7.07. The van der Waals surface area contributed by atoms with E-state index in [4.69, 9.17) is 20.1 Å². The number of hydrogen-bond donors (Lipinski definition) is 4. The third-order valence-corrected chi connectivity index (χ3v) is 2.81. The molecule has 2 rings (SSSR count). The van der Waals surface area contributed by atoms with Crippen LogP contribution in [0.5, 0.6) is 17.2 Å². The lowest BCUT2D eigenvalue weighted by Crippen LogP contribution is -1.98. The van der Waals surface area contributed by atoms with Crippen molar-refractivity contribution in [2.45, 2.75) is 13.3 Å². The molecule has 0 heterocycles. The zero-order valence-electron chi connectivity index (χ0n) is 13.0. The molecule has 7 nitrogen and oxygen atoms in total. The van der Waals surface area contributed by atoms with E-state index in [9.17, 15) is 14.7 Å². The van der Waals surface area contributed by atoms with Crippen LogP contribution in [0.25, 0.3) is 0 Å². The molecule has 128 valence electrons. The summed E-state index contributed by atoms with van der Waals surface area (Å²) >= 11 is 0. The molecule has 0 aromatic heterocycles. The molecule has 2 aromatic carbocycles. The lowest BCUT2D eigenvalue weighted by molar-refractivity contribution is 0.0682. The Kier molecular flexibility index (Phi) is 7.09. The zero-order valence-corrected chi connectivity index (χ0v) is 13.0. The zero-order chi connectivity index (χ0) is 18.1. The summed E-state index contributed by atoms with van der Waals surface area (Å²) in [5.41, 5.74) is -0.184. The molecule has 4 N–H and O–H groups in total. The SMILES string of the molecule is CCCOc1ccc(C(=O)O)c(O)c1.O=C(O)c1ccccc1O. The quantitative estimate of drug-likeness (QED) is 0.662. The van der Waals surface area contributed by atoms with Gasteiger partial charge >= 0.3 is 11.9 Å². The van der Waals surface area contributed by atoms with E-state index in [0.717, 1.165) is 6.42 Å². The van der Waals surface area contributed by atoms with Crippen molar-refractivity contribution in [2.24, 2.45) is 0 Å². The first-order valence-corrected chi connectivity index (χ1v) is 7.07. The van der Waals surface area contributed by atoms with Crippen LogP contribution in [-0.2, 0) is 0 Å². The summed E-state index contributed by atoms with van der Waals surface area (Å²) in [6.45, 7) is 2.51. The van der Waals surface area contributed by atoms with Crippen molar-refractivity contribution in [3.63, 3.8) is 0 Å². The first-order chi connectivity index (χ1) is 11.4. The molecule has 2 aromatic rings. The Morgan fingerprint density at radius 1 is 0.917 bits per heavy atom. The van der Waals surface area contributed by atoms with E-state index in [-0.39, 0.29) is 22.6 Å². The molecule has 0 saturated heterocycles. The number of hydrogen-bond acceptors (Lipinski definition) is 5. The van der Waals surface area contributed by atoms with Crippen LogP contribution in [0.2, 0.25) is 0 Å². The maximum atomic E-state index is 10.5. The van der Waals surface area contributed by atoms with E-state index in [2.05, 4.69) is 0 Å². The molecule has 0 atom stereocenters. The van der Waals surface area contributed by atoms with Crippen LogP contribution < -0.4 is 4.74 Å². The number of rotatable bonds is 5. The fraction of sp³-hybridized carbons (Fsp3) is 0.176. The molecular weight excluding hydrogens is 316 g/mol. The van der Waals surface area contributed by atoms with Crippen molar-refractivity contribution >= 4 is 11.9 Å². The minimum absolute atomic E-state index is 0.0671. The van der Waals surface area contributed by atoms with Crippen LogP contribution in [0.4, 0.5) is 0 Å². The average molecular weight is 334 g/mol. The monoisotopic (exact) mass is 334 g/mol. The molecule has 0 aliphatic heterocycles. The summed E-state index contributed by atoms with van der Waals surface area (Å²) < 4.78 is 5.22. The van der Waals surface area contributed by atoms with Gasteiger partial charge in [-0.15, -0.1) is 0 Å². The van der Waals surface area contributed by atoms with Crippen molar-refractivity contribution in [1.29, 1.82) is 0 Å². The number of carboxylic acid groups (broad SMARTS) is 2. The van der Waals surface area contributed by atoms with E-state index >= 15 is 0 Å². The van der Waals surface area contributed by atoms with E-state index in [1.54, 1.807) is 12.1 Å². The lowest BCUT2D eigenvalue weighted by Gasteiger charge is -2.05. The van der Waals surface area contributed by atoms with Gasteiger partial charge in [0.1, 0.15) is 28.4 Å². The number of aromatic carboxylic acids is 2. The van der Waals surface area contributed by atoms with Crippen molar-refractivity contribution in [1.82, 2.24) is 0 Å². The van der Waals surface area contributed by atoms with Gasteiger partial charge in [-0.1, -0.05) is 19.1 Å². The lowest BCUT2D eigenvalue weighted by atomic mass is 10.2. The van der Waals surface area contributed by atoms with Gasteiger partial charge in [0.25, 0.3) is 0 Å². The highest BCUT2D eigenvalue weighted by molar-refractivity contribution is 5.91. The maximum absolute atomic E-state index is 10.5. The summed E-state index contributed by atoms with van der Waals surface area (Å²) in [5.74, 6) is -2.25. The largest absolute Gasteiger partial charge is 0.507 e. The van der Waals surface area contributed by atoms with Gasteiger partial charge in [-0.05, 0) is 30.7 Å². The summed E-state index contributed by atoms with van der Waals surface area (Å²) in [6, 6.07) is 9.96. The number of carbonyl (C=O) groups is 2. The first kappa shape index (κ1) is 18.8. The third kappa shape index (κ3) is 5.53. The molecule has 0 fully saturated rings. The van der Waals surface area contributed by atoms with Crippen LogP contribution in [0.1, 0.15) is 34.1 Å². The second-order valence-corrected chi connectivity index (χ2v) is 4.65. The Bertz CT molecular complexity index is 710. The Morgan fingerprint density at radius 2 is 1.50 bits per heavy atom. The number of phenols is 2. The Balaban J connectivity index is 0.000000254. The van der Waals surface area contributed by atoms with Gasteiger partial charge in [-0.2, -0.15) is 0 Å². The summed E-state index contributed by atoms with van der Waals surface area (Å²) in [7, 11) is 0. The molecule has 0 aliphatic carbocycles. The highest BCUT2D eigenvalue weighted by Crippen LogP contribution is 2.23. The van der Waals surface area contributed by atoms with Crippen molar-refractivity contribution in [2.75, 3.05) is 6.61 Å². The highest BCUT2D eigenvalue weighted by Gasteiger charge is 2.09. The number of para-hydroxylation sites is 1. The molecule has 0 radical (unpaired) electrons. The third-order valence-electron chi connectivity index (χ3n) is 2.81. The van der Waals surface area contributed by atoms with Gasteiger partial charge in [0.2, 0.25) is 0 Å². The predicted octanol–water partition coefficient (Wildman–Crippen LogP) is 2.97. The average Bonchev–Trinajstić information content (AvgIpc) is 2.53. The highest BCUT2D eigenvalue weighted by atomic mass is 16.5. The molecule has 0 unspecified atom stereocenters. The minimum Gasteiger partial charge on any atom is -0.507 e. The number of benzene rings is 2. The van der Waals surface area contributed by atoms with Gasteiger partial charge in [-0.25, -0.2) is 9.59 Å². The summed E-state index contributed by atoms with van der Waals surface area (Å²) in [6.07, 6.45) is 0.863. The molecule has 0 bridgehead atoms. The maximum Gasteiger partial charge on any atom is 0.339 e. The van der Waals surface area contributed by atoms with Crippen LogP contribution >= 0.6 is 0 Å². The number of aromatic hydroxyl groups is 2. The fourth-order valence-electron chi connectivity index (χ4n) is 1.66. The molecule has 0 saturated carbocycles. The molecule has 24 heavy (non-hydrogen) atoms. The molecule has 0 aliphatic rings. The van der Waals surface area contributed by atoms with Gasteiger partial charge in [0.15, 0.2) is 0 Å². The van der Waals surface area contributed by atoms with E-state index < -0.39 is 11.9 Å². The summed E-state index contributed by atoms with van der Waals surface area (Å²) in [4.78, 5) is 20.8. The number of carboxylic acids is 2. The van der Waals surface area contributed by atoms with E-state index in [1.807, 2.05) is 6.92 Å². The Hall–Kier alpha value is -3.22. The Morgan fingerprint density at radius 3 is 1.96 bits per heavy atom. The molecular formula is C17H18O7. The number of ether oxygens (including phenoxy) is 1. The van der Waals surface area contributed by atoms with Crippen LogP contribution in [0, 0.1) is 0 Å². The fourth-order valence-corrected chi connectivity index (χ4v) is 1.66. The Labute approximate surface area is 138 Å². The molecule has 7 heteroatoms. The van der Waals surface area contributed by atoms with Gasteiger partial charge in [0, 0.05) is 6.07 Å². The molecule has 0 spiro atoms. The molecule has 0 amide bonds. The van der Waals surface area contributed by atoms with Gasteiger partial charge in [-0.3, -0.25) is 0 Å². The van der Waals surface area contributed by atoms with E-state index in [1.165, 1.54) is 30.3 Å². The topological polar surface area (TPSA) is 124 Å². The standard InChI is InChI=1S/C10H12O4.C7H6O3/c1-2-5-14-7-3-4-8(10(12)13)9(11)6-7;8-6-4-2-1-3-5(6)7(9)10/h3-4,6,11H,2,5H2,1H3,(H,12,13);1-4,8H,(H,9,10). The van der Waals surface area contributed by atoms with E-state index in [0.29, 0.717) is 12.4 Å². The normalized spacial score (nSPS) is 9.54. The van der Waals surface area contributed by atoms with Crippen molar-refractivity contribution in [3.05, 3.63) is 53.6 Å². The van der Waals surface area contributed by atoms with Crippen LogP contribution in [0.3, 0.4) is 0 Å². The van der Waals surface area contributed by atoms with Crippen molar-refractivity contribution in [3.8, 4) is 17.2 Å². The van der Waals surface area contributed by atoms with Crippen LogP contribution in [-0.4, -0.2) is 39.0 Å². The van der Waals surface area contributed by atoms with Crippen LogP contribution in [0.15, 0.2) is 42.5 Å². The van der Waals surface area contributed by atoms with Gasteiger partial charge in [0.05, 0.1) is 6.61 Å². The smallest absolute Gasteiger partial charge is 0.339 e. The second-order valence-electron chi connectivity index (χ2n) is 4.65. The van der Waals surface area contributed by atoms with Crippen molar-refractivity contribution < 1.29 is 34.8 Å². The predicted molar refractivity (Wildman–Crippen MR) is 85.9 cm³/mol. The van der Waals surface area contributed by atoms with Gasteiger partial charge < -0.3 is 25.2 Å². The summed E-state index contributed by atoms with van der Waals surface area (Å²) in [5, 5.41) is 35.2. The second kappa shape index (κ2) is 9.04.